The van der Waals surface area contributed by atoms with Crippen molar-refractivity contribution >= 4 is 35.3 Å². The molecule has 5 rings (SSSR count). The number of anilines is 1. The molecule has 1 N–H and O–H groups in total. The quantitative estimate of drug-likeness (QED) is 0.236. The van der Waals surface area contributed by atoms with E-state index in [9.17, 15) is 19.2 Å². The number of hydrogen-bond acceptors (Lipinski definition) is 8. The van der Waals surface area contributed by atoms with Crippen molar-refractivity contribution in [2.75, 3.05) is 11.9 Å². The van der Waals surface area contributed by atoms with E-state index in [1.165, 1.54) is 12.3 Å². The number of carbonyl (C=O) groups excluding carboxylic acids is 3. The Kier molecular flexibility index (Phi) is 8.46. The number of hydrogen-bond donors (Lipinski definition) is 1. The number of nitrogens with zero attached hydrogens (tertiary/aromatic N) is 2. The Hall–Kier alpha value is -4.80. The third kappa shape index (κ3) is 6.24. The van der Waals surface area contributed by atoms with Crippen LogP contribution >= 0.6 is 11.6 Å². The zero-order valence-electron chi connectivity index (χ0n) is 22.4. The molecule has 1 saturated heterocycles. The summed E-state index contributed by atoms with van der Waals surface area (Å²) in [6.07, 6.45) is -1.96. The summed E-state index contributed by atoms with van der Waals surface area (Å²) in [4.78, 5) is 53.7. The van der Waals surface area contributed by atoms with Crippen molar-refractivity contribution in [2.45, 2.75) is 30.2 Å². The van der Waals surface area contributed by atoms with Gasteiger partial charge in [-0.15, -0.1) is 11.6 Å². The van der Waals surface area contributed by atoms with Crippen molar-refractivity contribution in [3.63, 3.8) is 0 Å². The van der Waals surface area contributed by atoms with Crippen molar-refractivity contribution < 1.29 is 28.6 Å². The highest BCUT2D eigenvalue weighted by Crippen LogP contribution is 2.44. The zero-order valence-corrected chi connectivity index (χ0v) is 23.1. The molecule has 1 aromatic heterocycles. The molecule has 42 heavy (non-hydrogen) atoms. The standard InChI is InChI=1S/C31H26ClN3O7/c1-31(32)25(42-28(38)22-15-9-4-10-16-22)23(19-40-27(37)21-13-7-3-8-14-21)41-29(31)35-18-17-24(34-30(35)39)33-26(36)20-11-5-2-6-12-20/h2-18,23,25,29H,19H2,1H3,(H,33,34,36,39)/t23-,25-,29-,31-/m1/s1. The summed E-state index contributed by atoms with van der Waals surface area (Å²) < 4.78 is 18.5. The summed E-state index contributed by atoms with van der Waals surface area (Å²) in [5.41, 5.74) is 0.234. The Morgan fingerprint density at radius 3 is 2.00 bits per heavy atom. The Labute approximate surface area is 245 Å². The third-order valence-corrected chi connectivity index (χ3v) is 7.07. The maximum absolute atomic E-state index is 13.1. The van der Waals surface area contributed by atoms with Crippen LogP contribution in [-0.4, -0.2) is 51.1 Å². The first-order valence-electron chi connectivity index (χ1n) is 13.0. The van der Waals surface area contributed by atoms with Gasteiger partial charge in [-0.1, -0.05) is 54.6 Å². The van der Waals surface area contributed by atoms with E-state index in [-0.39, 0.29) is 18.0 Å². The molecule has 214 valence electrons. The van der Waals surface area contributed by atoms with Gasteiger partial charge in [-0.3, -0.25) is 9.36 Å². The molecule has 4 atom stereocenters. The van der Waals surface area contributed by atoms with Crippen LogP contribution in [0.4, 0.5) is 5.82 Å². The predicted molar refractivity (Wildman–Crippen MR) is 153 cm³/mol. The molecule has 1 amide bonds. The molecule has 1 fully saturated rings. The Morgan fingerprint density at radius 1 is 0.881 bits per heavy atom. The van der Waals surface area contributed by atoms with E-state index in [1.54, 1.807) is 97.9 Å². The van der Waals surface area contributed by atoms with Crippen LogP contribution in [0.15, 0.2) is 108 Å². The second-order valence-electron chi connectivity index (χ2n) is 9.66. The lowest BCUT2D eigenvalue weighted by Gasteiger charge is -2.29. The van der Waals surface area contributed by atoms with Crippen molar-refractivity contribution in [1.82, 2.24) is 9.55 Å². The van der Waals surface area contributed by atoms with Gasteiger partial charge in [0, 0.05) is 11.8 Å². The Morgan fingerprint density at radius 2 is 1.43 bits per heavy atom. The first kappa shape index (κ1) is 28.7. The normalized spacial score (nSPS) is 21.3. The minimum Gasteiger partial charge on any atom is -0.459 e. The molecule has 0 radical (unpaired) electrons. The highest BCUT2D eigenvalue weighted by molar-refractivity contribution is 6.24. The highest BCUT2D eigenvalue weighted by atomic mass is 35.5. The fourth-order valence-electron chi connectivity index (χ4n) is 4.54. The number of aromatic nitrogens is 2. The molecule has 1 aliphatic heterocycles. The number of ether oxygens (including phenoxy) is 3. The first-order valence-corrected chi connectivity index (χ1v) is 13.4. The van der Waals surface area contributed by atoms with Gasteiger partial charge in [0.1, 0.15) is 23.4 Å². The van der Waals surface area contributed by atoms with E-state index in [2.05, 4.69) is 10.3 Å². The molecule has 1 aliphatic rings. The number of carbonyl (C=O) groups is 3. The lowest BCUT2D eigenvalue weighted by molar-refractivity contribution is -0.0585. The van der Waals surface area contributed by atoms with Gasteiger partial charge in [0.25, 0.3) is 5.91 Å². The average Bonchev–Trinajstić information content (AvgIpc) is 3.25. The monoisotopic (exact) mass is 587 g/mol. The van der Waals surface area contributed by atoms with Gasteiger partial charge >= 0.3 is 17.6 Å². The predicted octanol–water partition coefficient (Wildman–Crippen LogP) is 4.47. The second-order valence-corrected chi connectivity index (χ2v) is 10.5. The van der Waals surface area contributed by atoms with Crippen LogP contribution in [0.1, 0.15) is 44.2 Å². The van der Waals surface area contributed by atoms with Crippen LogP contribution in [0.25, 0.3) is 0 Å². The van der Waals surface area contributed by atoms with E-state index in [0.29, 0.717) is 11.1 Å². The van der Waals surface area contributed by atoms with Gasteiger partial charge in [-0.2, -0.15) is 4.98 Å². The van der Waals surface area contributed by atoms with Crippen LogP contribution in [0.3, 0.4) is 0 Å². The summed E-state index contributed by atoms with van der Waals surface area (Å²) in [6.45, 7) is 1.24. The molecule has 11 heteroatoms. The van der Waals surface area contributed by atoms with Gasteiger partial charge in [0.05, 0.1) is 11.1 Å². The molecular formula is C31H26ClN3O7. The number of amides is 1. The van der Waals surface area contributed by atoms with Gasteiger partial charge in [0.15, 0.2) is 12.3 Å². The number of nitrogens with one attached hydrogen (secondary N) is 1. The fraction of sp³-hybridized carbons (Fsp3) is 0.194. The van der Waals surface area contributed by atoms with Gasteiger partial charge in [-0.25, -0.2) is 14.4 Å². The molecule has 4 aromatic rings. The molecule has 0 saturated carbocycles. The average molecular weight is 588 g/mol. The van der Waals surface area contributed by atoms with E-state index in [0.717, 1.165) is 4.57 Å². The maximum Gasteiger partial charge on any atom is 0.351 e. The maximum atomic E-state index is 13.1. The zero-order chi connectivity index (χ0) is 29.7. The minimum absolute atomic E-state index is 0.0276. The summed E-state index contributed by atoms with van der Waals surface area (Å²) in [5.74, 6) is -1.68. The molecule has 0 aliphatic carbocycles. The van der Waals surface area contributed by atoms with E-state index in [4.69, 9.17) is 25.8 Å². The van der Waals surface area contributed by atoms with E-state index < -0.39 is 46.8 Å². The number of esters is 2. The molecule has 0 spiro atoms. The molecule has 0 bridgehead atoms. The Balaban J connectivity index is 1.39. The number of rotatable bonds is 8. The Bertz CT molecular complexity index is 1630. The molecule has 3 aromatic carbocycles. The molecule has 0 unspecified atom stereocenters. The largest absolute Gasteiger partial charge is 0.459 e. The fourth-order valence-corrected chi connectivity index (χ4v) is 4.88. The highest BCUT2D eigenvalue weighted by Gasteiger charge is 2.56. The second kappa shape index (κ2) is 12.4. The summed E-state index contributed by atoms with van der Waals surface area (Å²) in [7, 11) is 0. The SMILES string of the molecule is C[C@@]1(Cl)[C@H](OC(=O)c2ccccc2)[C@@H](COC(=O)c2ccccc2)O[C@H]1n1ccc(NC(=O)c2ccccc2)nc1=O. The third-order valence-electron chi connectivity index (χ3n) is 6.67. The molecular weight excluding hydrogens is 562 g/mol. The van der Waals surface area contributed by atoms with Crippen LogP contribution in [-0.2, 0) is 14.2 Å². The van der Waals surface area contributed by atoms with Crippen molar-refractivity contribution in [1.29, 1.82) is 0 Å². The first-order chi connectivity index (χ1) is 20.2. The summed E-state index contributed by atoms with van der Waals surface area (Å²) in [5, 5.41) is 2.58. The van der Waals surface area contributed by atoms with Gasteiger partial charge in [0.2, 0.25) is 0 Å². The van der Waals surface area contributed by atoms with Crippen molar-refractivity contribution in [3.8, 4) is 0 Å². The molecule has 10 nitrogen and oxygen atoms in total. The van der Waals surface area contributed by atoms with Crippen molar-refractivity contribution in [3.05, 3.63) is 130 Å². The summed E-state index contributed by atoms with van der Waals surface area (Å²) >= 11 is 6.97. The number of alkyl halides is 1. The van der Waals surface area contributed by atoms with Gasteiger partial charge < -0.3 is 19.5 Å². The number of benzene rings is 3. The van der Waals surface area contributed by atoms with Crippen LogP contribution < -0.4 is 11.0 Å². The van der Waals surface area contributed by atoms with E-state index >= 15 is 0 Å². The lowest BCUT2D eigenvalue weighted by atomic mass is 10.0. The van der Waals surface area contributed by atoms with Gasteiger partial charge in [-0.05, 0) is 49.4 Å². The number of halogens is 1. The minimum atomic E-state index is -1.49. The van der Waals surface area contributed by atoms with Crippen molar-refractivity contribution in [2.24, 2.45) is 0 Å². The topological polar surface area (TPSA) is 126 Å². The van der Waals surface area contributed by atoms with Crippen LogP contribution in [0.5, 0.6) is 0 Å². The van der Waals surface area contributed by atoms with Crippen LogP contribution in [0.2, 0.25) is 0 Å². The summed E-state index contributed by atoms with van der Waals surface area (Å²) in [6, 6.07) is 26.6. The van der Waals surface area contributed by atoms with E-state index in [1.807, 2.05) is 0 Å². The lowest BCUT2D eigenvalue weighted by Crippen LogP contribution is -2.45. The smallest absolute Gasteiger partial charge is 0.351 e. The van der Waals surface area contributed by atoms with Crippen LogP contribution in [0, 0.1) is 0 Å². The molecule has 2 heterocycles.